The van der Waals surface area contributed by atoms with Crippen LogP contribution in [0.4, 0.5) is 5.82 Å². The van der Waals surface area contributed by atoms with Crippen LogP contribution in [-0.4, -0.2) is 10.1 Å². The SMILES string of the molecule is Nc1c(-c2cc(Cc3ccc(COc4ccccn4)cc3)no2)ccc[n+]1COP(=O)([O-])[O-].[K+]. The first kappa shape index (κ1) is 26.7. The normalized spacial score (nSPS) is 11.1. The summed E-state index contributed by atoms with van der Waals surface area (Å²) >= 11 is 0. The Labute approximate surface area is 238 Å². The topological polar surface area (TPSA) is 150 Å². The summed E-state index contributed by atoms with van der Waals surface area (Å²) in [6.07, 6.45) is 3.71. The second-order valence-corrected chi connectivity index (χ2v) is 8.27. The molecule has 0 unspecified atom stereocenters. The Hall–Kier alpha value is -1.92. The maximum atomic E-state index is 10.7. The molecule has 0 atom stereocenters. The fourth-order valence-electron chi connectivity index (χ4n) is 3.09. The zero-order valence-corrected chi connectivity index (χ0v) is 22.4. The third-order valence-corrected chi connectivity index (χ3v) is 5.16. The predicted molar refractivity (Wildman–Crippen MR) is 113 cm³/mol. The van der Waals surface area contributed by atoms with Crippen molar-refractivity contribution in [3.05, 3.63) is 89.9 Å². The van der Waals surface area contributed by atoms with E-state index in [0.717, 1.165) is 11.1 Å². The molecule has 1 aromatic carbocycles. The van der Waals surface area contributed by atoms with E-state index in [-0.39, 0.29) is 57.2 Å². The van der Waals surface area contributed by atoms with Crippen molar-refractivity contribution in [3.8, 4) is 17.2 Å². The Morgan fingerprint density at radius 2 is 1.82 bits per heavy atom. The minimum Gasteiger partial charge on any atom is -0.790 e. The molecule has 4 rings (SSSR count). The van der Waals surface area contributed by atoms with Crippen molar-refractivity contribution in [3.63, 3.8) is 0 Å². The number of nitrogens with zero attached hydrogens (tertiary/aromatic N) is 3. The van der Waals surface area contributed by atoms with Crippen molar-refractivity contribution >= 4 is 13.6 Å². The molecule has 2 N–H and O–H groups in total. The van der Waals surface area contributed by atoms with E-state index in [9.17, 15) is 14.4 Å². The second-order valence-electron chi connectivity index (χ2n) is 7.11. The average Bonchev–Trinajstić information content (AvgIpc) is 3.26. The van der Waals surface area contributed by atoms with Crippen molar-refractivity contribution in [1.29, 1.82) is 0 Å². The molecule has 0 aliphatic rings. The molecule has 170 valence electrons. The Morgan fingerprint density at radius 3 is 2.53 bits per heavy atom. The van der Waals surface area contributed by atoms with Gasteiger partial charge in [0.15, 0.2) is 12.5 Å². The molecule has 0 saturated carbocycles. The van der Waals surface area contributed by atoms with Crippen LogP contribution < -0.4 is 76.2 Å². The first-order chi connectivity index (χ1) is 15.9. The number of benzene rings is 1. The molecule has 3 aromatic heterocycles. The van der Waals surface area contributed by atoms with Crippen LogP contribution in [0.3, 0.4) is 0 Å². The molecule has 0 fully saturated rings. The molecule has 0 saturated heterocycles. The summed E-state index contributed by atoms with van der Waals surface area (Å²) in [4.78, 5) is 25.6. The summed E-state index contributed by atoms with van der Waals surface area (Å²) in [7, 11) is -5.12. The molecular weight excluding hydrogens is 486 g/mol. The number of ether oxygens (including phenoxy) is 1. The fraction of sp³-hybridized carbons (Fsp3) is 0.136. The van der Waals surface area contributed by atoms with E-state index in [1.807, 2.05) is 36.4 Å². The van der Waals surface area contributed by atoms with Gasteiger partial charge in [0.05, 0.1) is 19.7 Å². The van der Waals surface area contributed by atoms with E-state index in [4.69, 9.17) is 15.0 Å². The van der Waals surface area contributed by atoms with Gasteiger partial charge in [0, 0.05) is 24.8 Å². The number of hydrogen-bond acceptors (Lipinski definition) is 9. The molecule has 0 bridgehead atoms. The molecule has 0 aliphatic heterocycles. The van der Waals surface area contributed by atoms with Gasteiger partial charge in [0.25, 0.3) is 5.82 Å². The molecule has 12 heteroatoms. The van der Waals surface area contributed by atoms with Crippen LogP contribution >= 0.6 is 7.82 Å². The third kappa shape index (κ3) is 7.54. The Kier molecular flexibility index (Phi) is 9.54. The third-order valence-electron chi connectivity index (χ3n) is 4.73. The van der Waals surface area contributed by atoms with Gasteiger partial charge in [-0.25, -0.2) is 9.55 Å². The van der Waals surface area contributed by atoms with Crippen LogP contribution in [0, 0.1) is 0 Å². The van der Waals surface area contributed by atoms with E-state index in [2.05, 4.69) is 14.7 Å². The summed E-state index contributed by atoms with van der Waals surface area (Å²) in [5, 5.41) is 4.09. The number of phosphoric acid groups is 1. The van der Waals surface area contributed by atoms with Gasteiger partial charge in [-0.1, -0.05) is 35.5 Å². The van der Waals surface area contributed by atoms with Gasteiger partial charge >= 0.3 is 51.4 Å². The minimum atomic E-state index is -5.12. The Balaban J connectivity index is 0.00000324. The van der Waals surface area contributed by atoms with E-state index in [1.54, 1.807) is 30.5 Å². The fourth-order valence-corrected chi connectivity index (χ4v) is 3.36. The Morgan fingerprint density at radius 1 is 1.06 bits per heavy atom. The molecule has 34 heavy (non-hydrogen) atoms. The summed E-state index contributed by atoms with van der Waals surface area (Å²) in [5.41, 5.74) is 9.30. The zero-order valence-electron chi connectivity index (χ0n) is 18.4. The number of pyridine rings is 2. The predicted octanol–water partition coefficient (Wildman–Crippen LogP) is -1.42. The maximum absolute atomic E-state index is 10.7. The number of rotatable bonds is 9. The standard InChI is InChI=1S/C22H21N4O6P.K/c23-22-19(4-3-11-26(22)15-31-33(27,28)29)20-13-18(25-32-20)12-16-6-8-17(9-7-16)14-30-21-5-1-2-10-24-21;/h1-11,13,23H,12,14-15H2,(H2,27,28,29);/q;+1/p-1. The van der Waals surface area contributed by atoms with E-state index < -0.39 is 14.6 Å². The molecule has 0 radical (unpaired) electrons. The van der Waals surface area contributed by atoms with Gasteiger partial charge in [-0.2, -0.15) is 0 Å². The Bertz CT molecular complexity index is 1260. The van der Waals surface area contributed by atoms with Crippen molar-refractivity contribution in [2.45, 2.75) is 19.8 Å². The first-order valence-corrected chi connectivity index (χ1v) is 11.4. The van der Waals surface area contributed by atoms with Crippen molar-refractivity contribution < 1.29 is 84.1 Å². The minimum absolute atomic E-state index is 0. The van der Waals surface area contributed by atoms with Gasteiger partial charge in [0.2, 0.25) is 5.88 Å². The maximum Gasteiger partial charge on any atom is 1.00 e. The van der Waals surface area contributed by atoms with Gasteiger partial charge in [0.1, 0.15) is 12.2 Å². The van der Waals surface area contributed by atoms with E-state index in [0.29, 0.717) is 35.9 Å². The second kappa shape index (κ2) is 12.2. The van der Waals surface area contributed by atoms with Gasteiger partial charge in [-0.3, -0.25) is 5.73 Å². The van der Waals surface area contributed by atoms with Crippen molar-refractivity contribution in [1.82, 2.24) is 10.1 Å². The zero-order chi connectivity index (χ0) is 23.3. The summed E-state index contributed by atoms with van der Waals surface area (Å²) in [5.74, 6) is 1.15. The smallest absolute Gasteiger partial charge is 0.790 e. The van der Waals surface area contributed by atoms with Crippen LogP contribution in [0.1, 0.15) is 16.8 Å². The monoisotopic (exact) mass is 506 g/mol. The summed E-state index contributed by atoms with van der Waals surface area (Å²) in [6.45, 7) is -0.113. The summed E-state index contributed by atoms with van der Waals surface area (Å²) in [6, 6.07) is 18.5. The number of aromatic nitrogens is 3. The molecule has 0 aliphatic carbocycles. The van der Waals surface area contributed by atoms with Crippen molar-refractivity contribution in [2.24, 2.45) is 0 Å². The van der Waals surface area contributed by atoms with Gasteiger partial charge in [-0.05, 0) is 29.3 Å². The van der Waals surface area contributed by atoms with Crippen molar-refractivity contribution in [2.75, 3.05) is 5.73 Å². The number of nitrogens with two attached hydrogens (primary N) is 1. The summed E-state index contributed by atoms with van der Waals surface area (Å²) < 4.78 is 27.4. The first-order valence-electron chi connectivity index (χ1n) is 9.89. The van der Waals surface area contributed by atoms with E-state index in [1.165, 1.54) is 10.8 Å². The largest absolute Gasteiger partial charge is 1.00 e. The number of hydrogen-bond donors (Lipinski definition) is 1. The molecular formula is C22H20KN4O6P. The molecule has 3 heterocycles. The molecule has 0 amide bonds. The average molecular weight is 506 g/mol. The number of nitrogen functional groups attached to an aromatic ring is 1. The molecule has 10 nitrogen and oxygen atoms in total. The quantitative estimate of drug-likeness (QED) is 0.164. The van der Waals surface area contributed by atoms with Gasteiger partial charge < -0.3 is 28.1 Å². The van der Waals surface area contributed by atoms with Crippen LogP contribution in [0.15, 0.2) is 77.6 Å². The molecule has 0 spiro atoms. The van der Waals surface area contributed by atoms with Crippen LogP contribution in [-0.2, 0) is 28.8 Å². The van der Waals surface area contributed by atoms with Gasteiger partial charge in [-0.15, -0.1) is 0 Å². The number of phosphoric ester groups is 1. The van der Waals surface area contributed by atoms with Crippen LogP contribution in [0.2, 0.25) is 0 Å². The number of anilines is 1. The van der Waals surface area contributed by atoms with Crippen LogP contribution in [0.25, 0.3) is 11.3 Å². The van der Waals surface area contributed by atoms with E-state index >= 15 is 0 Å². The molecule has 4 aromatic rings. The van der Waals surface area contributed by atoms with Crippen LogP contribution in [0.5, 0.6) is 5.88 Å².